The number of hydrogen-bond acceptors (Lipinski definition) is 4. The molecule has 3 aromatic rings. The fourth-order valence-electron chi connectivity index (χ4n) is 1.83. The first-order valence-electron chi connectivity index (χ1n) is 5.95. The molecule has 0 aliphatic rings. The highest BCUT2D eigenvalue weighted by atomic mass is 35.5. The topological polar surface area (TPSA) is 68.0 Å². The lowest BCUT2D eigenvalue weighted by atomic mass is 10.2. The van der Waals surface area contributed by atoms with E-state index in [2.05, 4.69) is 10.3 Å². The van der Waals surface area contributed by atoms with Gasteiger partial charge >= 0.3 is 0 Å². The van der Waals surface area contributed by atoms with Crippen LogP contribution in [-0.2, 0) is 0 Å². The van der Waals surface area contributed by atoms with Gasteiger partial charge in [0, 0.05) is 10.7 Å². The van der Waals surface area contributed by atoms with Gasteiger partial charge in [-0.15, -0.1) is 0 Å². The Labute approximate surface area is 134 Å². The molecule has 106 valence electrons. The fraction of sp³-hybridized carbons (Fsp3) is 0. The van der Waals surface area contributed by atoms with Crippen molar-refractivity contribution in [3.8, 4) is 0 Å². The molecule has 0 atom stereocenters. The standard InChI is InChI=1S/C14H9Cl2N3OS/c15-7-1-3-9(10(16)5-7)13(20)19-14-18-11-4-2-8(17)6-12(11)21-14/h1-6H,17H2,(H,18,19,20). The summed E-state index contributed by atoms with van der Waals surface area (Å²) in [6, 6.07) is 10.1. The second-order valence-electron chi connectivity index (χ2n) is 4.32. The van der Waals surface area contributed by atoms with Crippen molar-refractivity contribution < 1.29 is 4.79 Å². The first kappa shape index (κ1) is 14.1. The molecule has 0 aliphatic carbocycles. The predicted octanol–water partition coefficient (Wildman–Crippen LogP) is 4.44. The van der Waals surface area contributed by atoms with Gasteiger partial charge in [-0.1, -0.05) is 34.5 Å². The van der Waals surface area contributed by atoms with Gasteiger partial charge in [-0.2, -0.15) is 0 Å². The maximum absolute atomic E-state index is 12.2. The molecule has 21 heavy (non-hydrogen) atoms. The molecule has 0 unspecified atom stereocenters. The molecule has 0 saturated heterocycles. The Morgan fingerprint density at radius 2 is 2.00 bits per heavy atom. The number of amides is 1. The largest absolute Gasteiger partial charge is 0.399 e. The Hall–Kier alpha value is -1.82. The minimum absolute atomic E-state index is 0.297. The second-order valence-corrected chi connectivity index (χ2v) is 6.20. The zero-order valence-electron chi connectivity index (χ0n) is 10.6. The maximum atomic E-state index is 12.2. The summed E-state index contributed by atoms with van der Waals surface area (Å²) in [7, 11) is 0. The van der Waals surface area contributed by atoms with Gasteiger partial charge in [0.25, 0.3) is 5.91 Å². The number of anilines is 2. The van der Waals surface area contributed by atoms with Gasteiger partial charge in [0.05, 0.1) is 20.8 Å². The van der Waals surface area contributed by atoms with E-state index in [1.807, 2.05) is 12.1 Å². The molecule has 3 N–H and O–H groups in total. The van der Waals surface area contributed by atoms with Crippen LogP contribution >= 0.6 is 34.5 Å². The van der Waals surface area contributed by atoms with Crippen LogP contribution in [0.15, 0.2) is 36.4 Å². The van der Waals surface area contributed by atoms with Gasteiger partial charge in [-0.25, -0.2) is 4.98 Å². The summed E-state index contributed by atoms with van der Waals surface area (Å²) in [5.41, 5.74) is 7.51. The zero-order valence-corrected chi connectivity index (χ0v) is 12.9. The van der Waals surface area contributed by atoms with Crippen molar-refractivity contribution in [1.82, 2.24) is 4.98 Å². The third-order valence-corrected chi connectivity index (χ3v) is 4.29. The van der Waals surface area contributed by atoms with Gasteiger partial charge in [-0.05, 0) is 36.4 Å². The molecule has 7 heteroatoms. The number of carbonyl (C=O) groups excluding carboxylic acids is 1. The number of nitrogens with one attached hydrogen (secondary N) is 1. The van der Waals surface area contributed by atoms with E-state index in [4.69, 9.17) is 28.9 Å². The maximum Gasteiger partial charge on any atom is 0.258 e. The quantitative estimate of drug-likeness (QED) is 0.679. The molecule has 3 rings (SSSR count). The molecule has 0 bridgehead atoms. The van der Waals surface area contributed by atoms with Crippen molar-refractivity contribution in [2.45, 2.75) is 0 Å². The Bertz CT molecular complexity index is 847. The number of hydrogen-bond donors (Lipinski definition) is 2. The number of nitrogen functional groups attached to an aromatic ring is 1. The molecule has 0 saturated carbocycles. The Kier molecular flexibility index (Phi) is 3.71. The normalized spacial score (nSPS) is 10.8. The summed E-state index contributed by atoms with van der Waals surface area (Å²) in [5, 5.41) is 4.00. The molecule has 1 heterocycles. The fourth-order valence-corrected chi connectivity index (χ4v) is 3.24. The van der Waals surface area contributed by atoms with Crippen LogP contribution in [0.2, 0.25) is 10.0 Å². The molecule has 1 aromatic heterocycles. The number of rotatable bonds is 2. The van der Waals surface area contributed by atoms with E-state index in [0.717, 1.165) is 10.2 Å². The SMILES string of the molecule is Nc1ccc2nc(NC(=O)c3ccc(Cl)cc3Cl)sc2c1. The minimum atomic E-state index is -0.330. The average molecular weight is 338 g/mol. The first-order chi connectivity index (χ1) is 10.0. The third kappa shape index (κ3) is 2.95. The summed E-state index contributed by atoms with van der Waals surface area (Å²) in [6.07, 6.45) is 0. The van der Waals surface area contributed by atoms with Crippen LogP contribution in [0.1, 0.15) is 10.4 Å². The molecule has 1 amide bonds. The number of carbonyl (C=O) groups is 1. The number of benzene rings is 2. The number of thiazole rings is 1. The summed E-state index contributed by atoms with van der Waals surface area (Å²) in [4.78, 5) is 16.5. The van der Waals surface area contributed by atoms with Gasteiger partial charge in [-0.3, -0.25) is 10.1 Å². The van der Waals surface area contributed by atoms with Crippen LogP contribution in [0.4, 0.5) is 10.8 Å². The second kappa shape index (κ2) is 5.52. The predicted molar refractivity (Wildman–Crippen MR) is 88.4 cm³/mol. The Morgan fingerprint density at radius 3 is 2.76 bits per heavy atom. The summed E-state index contributed by atoms with van der Waals surface area (Å²) >= 11 is 13.2. The number of nitrogens with two attached hydrogens (primary N) is 1. The van der Waals surface area contributed by atoms with E-state index in [-0.39, 0.29) is 5.91 Å². The summed E-state index contributed by atoms with van der Waals surface area (Å²) in [5.74, 6) is -0.330. The molecular weight excluding hydrogens is 329 g/mol. The van der Waals surface area contributed by atoms with Crippen molar-refractivity contribution in [2.24, 2.45) is 0 Å². The van der Waals surface area contributed by atoms with Gasteiger partial charge in [0.1, 0.15) is 0 Å². The van der Waals surface area contributed by atoms with Crippen LogP contribution < -0.4 is 11.1 Å². The van der Waals surface area contributed by atoms with E-state index in [1.165, 1.54) is 17.4 Å². The van der Waals surface area contributed by atoms with E-state index >= 15 is 0 Å². The lowest BCUT2D eigenvalue weighted by molar-refractivity contribution is 0.102. The molecule has 4 nitrogen and oxygen atoms in total. The number of halogens is 2. The molecule has 0 fully saturated rings. The number of aromatic nitrogens is 1. The molecule has 0 aliphatic heterocycles. The van der Waals surface area contributed by atoms with Gasteiger partial charge in [0.2, 0.25) is 0 Å². The van der Waals surface area contributed by atoms with Crippen LogP contribution in [0.25, 0.3) is 10.2 Å². The van der Waals surface area contributed by atoms with Gasteiger partial charge in [0.15, 0.2) is 5.13 Å². The monoisotopic (exact) mass is 337 g/mol. The zero-order chi connectivity index (χ0) is 15.0. The van der Waals surface area contributed by atoms with Crippen LogP contribution in [-0.4, -0.2) is 10.9 Å². The molecule has 0 radical (unpaired) electrons. The van der Waals surface area contributed by atoms with E-state index in [9.17, 15) is 4.79 Å². The summed E-state index contributed by atoms with van der Waals surface area (Å²) < 4.78 is 0.910. The van der Waals surface area contributed by atoms with E-state index in [1.54, 1.807) is 18.2 Å². The number of fused-ring (bicyclic) bond motifs is 1. The van der Waals surface area contributed by atoms with Gasteiger partial charge < -0.3 is 5.73 Å². The van der Waals surface area contributed by atoms with Crippen molar-refractivity contribution in [2.75, 3.05) is 11.1 Å². The molecule has 0 spiro atoms. The van der Waals surface area contributed by atoms with Crippen molar-refractivity contribution in [1.29, 1.82) is 0 Å². The minimum Gasteiger partial charge on any atom is -0.399 e. The van der Waals surface area contributed by atoms with Crippen LogP contribution in [0.3, 0.4) is 0 Å². The van der Waals surface area contributed by atoms with Crippen LogP contribution in [0.5, 0.6) is 0 Å². The first-order valence-corrected chi connectivity index (χ1v) is 7.52. The highest BCUT2D eigenvalue weighted by molar-refractivity contribution is 7.22. The van der Waals surface area contributed by atoms with E-state index in [0.29, 0.717) is 26.4 Å². The Balaban J connectivity index is 1.89. The van der Waals surface area contributed by atoms with Crippen molar-refractivity contribution in [3.63, 3.8) is 0 Å². The lowest BCUT2D eigenvalue weighted by Crippen LogP contribution is -2.12. The smallest absolute Gasteiger partial charge is 0.258 e. The van der Waals surface area contributed by atoms with Crippen molar-refractivity contribution >= 4 is 61.5 Å². The summed E-state index contributed by atoms with van der Waals surface area (Å²) in [6.45, 7) is 0. The lowest BCUT2D eigenvalue weighted by Gasteiger charge is -2.04. The average Bonchev–Trinajstić information content (AvgIpc) is 2.79. The highest BCUT2D eigenvalue weighted by Crippen LogP contribution is 2.28. The number of nitrogens with zero attached hydrogens (tertiary/aromatic N) is 1. The molecule has 2 aromatic carbocycles. The Morgan fingerprint density at radius 1 is 1.19 bits per heavy atom. The third-order valence-electron chi connectivity index (χ3n) is 2.81. The molecular formula is C14H9Cl2N3OS. The van der Waals surface area contributed by atoms with Crippen molar-refractivity contribution in [3.05, 3.63) is 52.0 Å². The van der Waals surface area contributed by atoms with E-state index < -0.39 is 0 Å². The highest BCUT2D eigenvalue weighted by Gasteiger charge is 2.13. The van der Waals surface area contributed by atoms with Crippen LogP contribution in [0, 0.1) is 0 Å².